The Hall–Kier alpha value is -3.74. The molecule has 4 rings (SSSR count). The minimum Gasteiger partial charge on any atom is -0.508 e. The molecule has 29 heavy (non-hydrogen) atoms. The highest BCUT2D eigenvalue weighted by molar-refractivity contribution is 6.04. The molecule has 2 heterocycles. The first-order valence-electron chi connectivity index (χ1n) is 9.25. The highest BCUT2D eigenvalue weighted by Gasteiger charge is 2.37. The Morgan fingerprint density at radius 1 is 1.14 bits per heavy atom. The number of amides is 2. The van der Waals surface area contributed by atoms with Gasteiger partial charge in [0.15, 0.2) is 6.61 Å². The second-order valence-corrected chi connectivity index (χ2v) is 6.69. The topological polar surface area (TPSA) is 92.0 Å². The maximum Gasteiger partial charge on any atom is 0.266 e. The van der Waals surface area contributed by atoms with Crippen LogP contribution >= 0.6 is 0 Å². The van der Waals surface area contributed by atoms with Crippen LogP contribution in [0.15, 0.2) is 71.5 Å². The fourth-order valence-corrected chi connectivity index (χ4v) is 3.34. The van der Waals surface area contributed by atoms with Gasteiger partial charge >= 0.3 is 0 Å². The van der Waals surface area contributed by atoms with Gasteiger partial charge in [0.25, 0.3) is 5.91 Å². The molecule has 0 saturated carbocycles. The van der Waals surface area contributed by atoms with Crippen LogP contribution in [-0.2, 0) is 16.0 Å². The summed E-state index contributed by atoms with van der Waals surface area (Å²) in [6.07, 6.45) is 3.54. The Morgan fingerprint density at radius 2 is 1.93 bits per heavy atom. The van der Waals surface area contributed by atoms with Crippen molar-refractivity contribution in [1.29, 1.82) is 0 Å². The normalized spacial score (nSPS) is 14.1. The van der Waals surface area contributed by atoms with Crippen molar-refractivity contribution in [2.24, 2.45) is 0 Å². The lowest BCUT2D eigenvalue weighted by Crippen LogP contribution is -2.47. The summed E-state index contributed by atoms with van der Waals surface area (Å²) in [5, 5.41) is 12.3. The maximum atomic E-state index is 13.1. The molecular formula is C22H20N2O5. The van der Waals surface area contributed by atoms with E-state index in [4.69, 9.17) is 9.15 Å². The number of furan rings is 1. The van der Waals surface area contributed by atoms with E-state index < -0.39 is 6.04 Å². The number of para-hydroxylation sites is 2. The van der Waals surface area contributed by atoms with Crippen LogP contribution in [0.4, 0.5) is 5.69 Å². The number of hydrogen-bond acceptors (Lipinski definition) is 5. The van der Waals surface area contributed by atoms with Crippen LogP contribution in [0.3, 0.4) is 0 Å². The number of nitrogens with zero attached hydrogens (tertiary/aromatic N) is 1. The molecule has 1 aliphatic heterocycles. The molecule has 7 heteroatoms. The molecule has 0 radical (unpaired) electrons. The van der Waals surface area contributed by atoms with Crippen molar-refractivity contribution in [1.82, 2.24) is 5.32 Å². The molecule has 0 bridgehead atoms. The van der Waals surface area contributed by atoms with Gasteiger partial charge < -0.3 is 19.6 Å². The van der Waals surface area contributed by atoms with Crippen molar-refractivity contribution < 1.29 is 23.8 Å². The minimum atomic E-state index is -0.869. The van der Waals surface area contributed by atoms with Crippen molar-refractivity contribution in [2.45, 2.75) is 12.5 Å². The van der Waals surface area contributed by atoms with Crippen LogP contribution in [0.25, 0.3) is 0 Å². The first-order valence-corrected chi connectivity index (χ1v) is 9.25. The second kappa shape index (κ2) is 8.10. The van der Waals surface area contributed by atoms with Gasteiger partial charge in [-0.25, -0.2) is 0 Å². The lowest BCUT2D eigenvalue weighted by Gasteiger charge is -2.34. The SMILES string of the molecule is O=C(NCCc1ccc(O)cc1)C(c1ccoc1)N1C(=O)COc2ccccc21. The van der Waals surface area contributed by atoms with Gasteiger partial charge in [0.1, 0.15) is 17.5 Å². The average Bonchev–Trinajstić information content (AvgIpc) is 3.26. The number of nitrogens with one attached hydrogen (secondary N) is 1. The van der Waals surface area contributed by atoms with Crippen molar-refractivity contribution in [3.05, 3.63) is 78.3 Å². The molecule has 3 aromatic rings. The quantitative estimate of drug-likeness (QED) is 0.673. The third-order valence-electron chi connectivity index (χ3n) is 4.76. The molecule has 7 nitrogen and oxygen atoms in total. The van der Waals surface area contributed by atoms with Crippen molar-refractivity contribution in [2.75, 3.05) is 18.1 Å². The summed E-state index contributed by atoms with van der Waals surface area (Å²) in [5.74, 6) is 0.138. The lowest BCUT2D eigenvalue weighted by atomic mass is 10.0. The molecule has 2 N–H and O–H groups in total. The van der Waals surface area contributed by atoms with E-state index >= 15 is 0 Å². The van der Waals surface area contributed by atoms with E-state index in [9.17, 15) is 14.7 Å². The Labute approximate surface area is 167 Å². The zero-order valence-electron chi connectivity index (χ0n) is 15.6. The molecule has 2 amide bonds. The summed E-state index contributed by atoms with van der Waals surface area (Å²) in [7, 11) is 0. The number of carbonyl (C=O) groups excluding carboxylic acids is 2. The van der Waals surface area contributed by atoms with Crippen LogP contribution in [0, 0.1) is 0 Å². The zero-order chi connectivity index (χ0) is 20.2. The number of fused-ring (bicyclic) bond motifs is 1. The average molecular weight is 392 g/mol. The fourth-order valence-electron chi connectivity index (χ4n) is 3.34. The van der Waals surface area contributed by atoms with Crippen LogP contribution in [0.2, 0.25) is 0 Å². The van der Waals surface area contributed by atoms with Crippen molar-refractivity contribution in [3.8, 4) is 11.5 Å². The summed E-state index contributed by atoms with van der Waals surface area (Å²) in [4.78, 5) is 27.3. The molecule has 148 valence electrons. The molecule has 0 fully saturated rings. The Morgan fingerprint density at radius 3 is 2.69 bits per heavy atom. The van der Waals surface area contributed by atoms with Gasteiger partial charge in [-0.2, -0.15) is 0 Å². The van der Waals surface area contributed by atoms with Gasteiger partial charge in [0.05, 0.1) is 18.2 Å². The first kappa shape index (κ1) is 18.6. The van der Waals surface area contributed by atoms with Crippen LogP contribution < -0.4 is 15.0 Å². The molecule has 1 aliphatic rings. The molecule has 1 aromatic heterocycles. The summed E-state index contributed by atoms with van der Waals surface area (Å²) < 4.78 is 10.7. The Bertz CT molecular complexity index is 998. The lowest BCUT2D eigenvalue weighted by molar-refractivity contribution is -0.128. The van der Waals surface area contributed by atoms with E-state index in [-0.39, 0.29) is 24.2 Å². The summed E-state index contributed by atoms with van der Waals surface area (Å²) in [6.45, 7) is 0.254. The largest absolute Gasteiger partial charge is 0.508 e. The van der Waals surface area contributed by atoms with E-state index in [1.54, 1.807) is 48.5 Å². The summed E-state index contributed by atoms with van der Waals surface area (Å²) in [6, 6.07) is 14.8. The van der Waals surface area contributed by atoms with E-state index in [0.717, 1.165) is 5.56 Å². The second-order valence-electron chi connectivity index (χ2n) is 6.69. The number of aromatic hydroxyl groups is 1. The van der Waals surface area contributed by atoms with Gasteiger partial charge in [-0.3, -0.25) is 14.5 Å². The van der Waals surface area contributed by atoms with E-state index in [1.807, 2.05) is 6.07 Å². The number of phenolic OH excluding ortho intramolecular Hbond substituents is 1. The number of hydrogen-bond donors (Lipinski definition) is 2. The molecular weight excluding hydrogens is 372 g/mol. The van der Waals surface area contributed by atoms with Crippen molar-refractivity contribution >= 4 is 17.5 Å². The molecule has 0 saturated heterocycles. The smallest absolute Gasteiger partial charge is 0.266 e. The number of anilines is 1. The fraction of sp³-hybridized carbons (Fsp3) is 0.182. The molecule has 1 unspecified atom stereocenters. The maximum absolute atomic E-state index is 13.1. The number of rotatable bonds is 6. The molecule has 0 spiro atoms. The van der Waals surface area contributed by atoms with E-state index in [2.05, 4.69) is 5.32 Å². The highest BCUT2D eigenvalue weighted by Crippen LogP contribution is 2.37. The number of carbonyl (C=O) groups is 2. The van der Waals surface area contributed by atoms with Crippen LogP contribution in [0.1, 0.15) is 17.2 Å². The standard InChI is InChI=1S/C22H20N2O5/c25-17-7-5-15(6-8-17)9-11-23-22(27)21(16-10-12-28-13-16)24-18-3-1-2-4-19(18)29-14-20(24)26/h1-8,10,12-13,21,25H,9,11,14H2,(H,23,27). The van der Waals surface area contributed by atoms with Gasteiger partial charge in [-0.1, -0.05) is 24.3 Å². The van der Waals surface area contributed by atoms with Gasteiger partial charge in [-0.15, -0.1) is 0 Å². The Balaban J connectivity index is 1.55. The number of ether oxygens (including phenoxy) is 1. The van der Waals surface area contributed by atoms with Crippen LogP contribution in [-0.4, -0.2) is 30.1 Å². The third-order valence-corrected chi connectivity index (χ3v) is 4.76. The molecule has 0 aliphatic carbocycles. The Kier molecular flexibility index (Phi) is 5.20. The molecule has 2 aromatic carbocycles. The zero-order valence-corrected chi connectivity index (χ0v) is 15.6. The first-order chi connectivity index (χ1) is 14.1. The summed E-state index contributed by atoms with van der Waals surface area (Å²) >= 11 is 0. The van der Waals surface area contributed by atoms with Crippen LogP contribution in [0.5, 0.6) is 11.5 Å². The van der Waals surface area contributed by atoms with E-state index in [1.165, 1.54) is 17.4 Å². The number of benzene rings is 2. The molecule has 1 atom stereocenters. The third kappa shape index (κ3) is 3.94. The summed E-state index contributed by atoms with van der Waals surface area (Å²) in [5.41, 5.74) is 2.11. The predicted octanol–water partition coefficient (Wildman–Crippen LogP) is 2.81. The van der Waals surface area contributed by atoms with Gasteiger partial charge in [0.2, 0.25) is 5.91 Å². The minimum absolute atomic E-state index is 0.133. The van der Waals surface area contributed by atoms with Crippen molar-refractivity contribution in [3.63, 3.8) is 0 Å². The number of phenols is 1. The predicted molar refractivity (Wildman–Crippen MR) is 106 cm³/mol. The van der Waals surface area contributed by atoms with Gasteiger partial charge in [0, 0.05) is 12.1 Å². The highest BCUT2D eigenvalue weighted by atomic mass is 16.5. The van der Waals surface area contributed by atoms with E-state index in [0.29, 0.717) is 30.0 Å². The van der Waals surface area contributed by atoms with Gasteiger partial charge in [-0.05, 0) is 42.3 Å². The monoisotopic (exact) mass is 392 g/mol.